The minimum atomic E-state index is -4.40. The summed E-state index contributed by atoms with van der Waals surface area (Å²) in [6.45, 7) is 7.65. The fraction of sp³-hybridized carbons (Fsp3) is 0.364. The van der Waals surface area contributed by atoms with E-state index >= 15 is 0 Å². The lowest BCUT2D eigenvalue weighted by Gasteiger charge is -2.42. The summed E-state index contributed by atoms with van der Waals surface area (Å²) in [7, 11) is 0. The Balaban J connectivity index is 1.90. The Bertz CT molecular complexity index is 974. The quantitative estimate of drug-likeness (QED) is 0.644. The Kier molecular flexibility index (Phi) is 4.32. The maximum atomic E-state index is 13.2. The highest BCUT2D eigenvalue weighted by Crippen LogP contribution is 2.42. The summed E-state index contributed by atoms with van der Waals surface area (Å²) >= 11 is 0. The topological polar surface area (TPSA) is 28.0 Å². The Morgan fingerprint density at radius 2 is 1.82 bits per heavy atom. The number of anilines is 1. The van der Waals surface area contributed by atoms with E-state index in [4.69, 9.17) is 4.99 Å². The van der Waals surface area contributed by atoms with Gasteiger partial charge in [-0.1, -0.05) is 43.7 Å². The molecule has 1 unspecified atom stereocenters. The van der Waals surface area contributed by atoms with E-state index in [1.807, 2.05) is 36.1 Å². The Hall–Kier alpha value is -2.63. The second kappa shape index (κ2) is 6.47. The summed E-state index contributed by atoms with van der Waals surface area (Å²) in [4.78, 5) is 11.5. The number of amidine groups is 1. The average Bonchev–Trinajstić information content (AvgIpc) is 2.67. The fourth-order valence-electron chi connectivity index (χ4n) is 3.58. The molecule has 6 heteroatoms. The van der Waals surface area contributed by atoms with Crippen LogP contribution in [0.4, 0.5) is 24.5 Å². The molecule has 0 spiro atoms. The number of nitrogens with zero attached hydrogens (tertiary/aromatic N) is 3. The second-order valence-corrected chi connectivity index (χ2v) is 7.92. The van der Waals surface area contributed by atoms with Gasteiger partial charge in [-0.25, -0.2) is 4.99 Å². The minimum absolute atomic E-state index is 0.0286. The molecule has 2 heterocycles. The van der Waals surface area contributed by atoms with Gasteiger partial charge in [0.1, 0.15) is 5.71 Å². The van der Waals surface area contributed by atoms with Gasteiger partial charge >= 0.3 is 6.18 Å². The molecule has 4 rings (SSSR count). The molecule has 0 N–H and O–H groups in total. The van der Waals surface area contributed by atoms with Gasteiger partial charge in [0.25, 0.3) is 0 Å². The van der Waals surface area contributed by atoms with Crippen LogP contribution in [0.2, 0.25) is 0 Å². The molecule has 2 aliphatic rings. The first-order valence-corrected chi connectivity index (χ1v) is 9.39. The van der Waals surface area contributed by atoms with E-state index in [2.05, 4.69) is 18.8 Å². The first kappa shape index (κ1) is 18.7. The molecule has 0 amide bonds. The molecule has 2 aromatic rings. The molecule has 0 bridgehead atoms. The predicted octanol–water partition coefficient (Wildman–Crippen LogP) is 5.78. The van der Waals surface area contributed by atoms with E-state index < -0.39 is 11.7 Å². The molecule has 2 aromatic carbocycles. The highest BCUT2D eigenvalue weighted by Gasteiger charge is 2.38. The molecule has 28 heavy (non-hydrogen) atoms. The van der Waals surface area contributed by atoms with Crippen molar-refractivity contribution in [1.82, 2.24) is 0 Å². The maximum absolute atomic E-state index is 13.2. The number of alkyl halides is 3. The average molecular weight is 385 g/mol. The number of aryl methyl sites for hydroxylation is 1. The molecule has 1 atom stereocenters. The van der Waals surface area contributed by atoms with Gasteiger partial charge in [-0.15, -0.1) is 0 Å². The van der Waals surface area contributed by atoms with Gasteiger partial charge in [0.2, 0.25) is 0 Å². The lowest BCUT2D eigenvalue weighted by molar-refractivity contribution is -0.137. The zero-order valence-electron chi connectivity index (χ0n) is 16.1. The fourth-order valence-corrected chi connectivity index (χ4v) is 3.58. The van der Waals surface area contributed by atoms with Crippen LogP contribution in [0.1, 0.15) is 37.0 Å². The molecular formula is C22H22F3N3. The lowest BCUT2D eigenvalue weighted by atomic mass is 9.84. The van der Waals surface area contributed by atoms with Crippen LogP contribution in [0.5, 0.6) is 0 Å². The molecule has 146 valence electrons. The van der Waals surface area contributed by atoms with Crippen LogP contribution < -0.4 is 4.90 Å². The van der Waals surface area contributed by atoms with Crippen LogP contribution in [0.15, 0.2) is 52.4 Å². The molecule has 0 radical (unpaired) electrons. The Morgan fingerprint density at radius 1 is 1.11 bits per heavy atom. The van der Waals surface area contributed by atoms with Gasteiger partial charge in [0.15, 0.2) is 5.84 Å². The van der Waals surface area contributed by atoms with Crippen LogP contribution >= 0.6 is 0 Å². The molecule has 0 saturated heterocycles. The van der Waals surface area contributed by atoms with Crippen molar-refractivity contribution in [2.45, 2.75) is 33.4 Å². The third-order valence-electron chi connectivity index (χ3n) is 5.62. The molecule has 2 aliphatic heterocycles. The Labute approximate surface area is 162 Å². The number of fused-ring (bicyclic) bond motifs is 3. The van der Waals surface area contributed by atoms with Gasteiger partial charge in [-0.05, 0) is 31.5 Å². The van der Waals surface area contributed by atoms with Crippen molar-refractivity contribution in [1.29, 1.82) is 0 Å². The van der Waals surface area contributed by atoms with Crippen molar-refractivity contribution in [3.63, 3.8) is 0 Å². The third kappa shape index (κ3) is 3.21. The van der Waals surface area contributed by atoms with E-state index in [1.54, 1.807) is 0 Å². The summed E-state index contributed by atoms with van der Waals surface area (Å²) in [6, 6.07) is 11.6. The first-order valence-electron chi connectivity index (χ1n) is 9.39. The number of rotatable bonds is 2. The summed E-state index contributed by atoms with van der Waals surface area (Å²) in [5.41, 5.74) is 2.91. The van der Waals surface area contributed by atoms with Gasteiger partial charge in [0, 0.05) is 24.1 Å². The number of hydrogen-bond acceptors (Lipinski definition) is 3. The zero-order valence-corrected chi connectivity index (χ0v) is 16.1. The maximum Gasteiger partial charge on any atom is 0.416 e. The zero-order chi connectivity index (χ0) is 20.1. The highest BCUT2D eigenvalue weighted by molar-refractivity contribution is 6.53. The van der Waals surface area contributed by atoms with Crippen molar-refractivity contribution < 1.29 is 13.2 Å². The van der Waals surface area contributed by atoms with Crippen molar-refractivity contribution in [3.05, 3.63) is 59.2 Å². The summed E-state index contributed by atoms with van der Waals surface area (Å²) < 4.78 is 39.7. The Morgan fingerprint density at radius 3 is 2.46 bits per heavy atom. The summed E-state index contributed by atoms with van der Waals surface area (Å²) in [6.07, 6.45) is -3.46. The van der Waals surface area contributed by atoms with E-state index in [1.165, 1.54) is 6.07 Å². The standard InChI is InChI=1S/C22H22F3N3/c1-4-21(3)12-26-20-19(15-7-5-14(2)6-8-15)27-17-11-16(22(23,24)25)9-10-18(17)28(20)13-21/h5-11H,4,12-13H2,1-3H3. The van der Waals surface area contributed by atoms with E-state index in [0.29, 0.717) is 30.2 Å². The van der Waals surface area contributed by atoms with Crippen LogP contribution in [-0.4, -0.2) is 24.6 Å². The van der Waals surface area contributed by atoms with Gasteiger partial charge < -0.3 is 4.90 Å². The van der Waals surface area contributed by atoms with Gasteiger partial charge in [-0.3, -0.25) is 4.99 Å². The largest absolute Gasteiger partial charge is 0.416 e. The van der Waals surface area contributed by atoms with Crippen molar-refractivity contribution in [2.75, 3.05) is 18.0 Å². The van der Waals surface area contributed by atoms with Gasteiger partial charge in [0.05, 0.1) is 16.9 Å². The van der Waals surface area contributed by atoms with E-state index in [9.17, 15) is 13.2 Å². The smallest absolute Gasteiger partial charge is 0.322 e. The van der Waals surface area contributed by atoms with Crippen molar-refractivity contribution in [2.24, 2.45) is 15.4 Å². The highest BCUT2D eigenvalue weighted by atomic mass is 19.4. The number of halogens is 3. The van der Waals surface area contributed by atoms with Crippen molar-refractivity contribution >= 4 is 22.9 Å². The second-order valence-electron chi connectivity index (χ2n) is 7.92. The SMILES string of the molecule is CCC1(C)CN=C2C(c3ccc(C)cc3)=Nc3cc(C(F)(F)F)ccc3N2C1. The van der Waals surface area contributed by atoms with E-state index in [-0.39, 0.29) is 5.41 Å². The number of aliphatic imine (C=N–C) groups is 2. The minimum Gasteiger partial charge on any atom is -0.322 e. The first-order chi connectivity index (χ1) is 13.2. The van der Waals surface area contributed by atoms with Crippen LogP contribution in [0.3, 0.4) is 0 Å². The van der Waals surface area contributed by atoms with Crippen LogP contribution in [0.25, 0.3) is 0 Å². The molecule has 0 fully saturated rings. The molecule has 3 nitrogen and oxygen atoms in total. The molecule has 0 saturated carbocycles. The molecule has 0 aliphatic carbocycles. The normalized spacial score (nSPS) is 21.6. The third-order valence-corrected chi connectivity index (χ3v) is 5.62. The van der Waals surface area contributed by atoms with Gasteiger partial charge in [-0.2, -0.15) is 13.2 Å². The number of hydrogen-bond donors (Lipinski definition) is 0. The van der Waals surface area contributed by atoms with E-state index in [0.717, 1.165) is 35.5 Å². The molecule has 0 aromatic heterocycles. The van der Waals surface area contributed by atoms with Crippen molar-refractivity contribution in [3.8, 4) is 0 Å². The summed E-state index contributed by atoms with van der Waals surface area (Å²) in [5.74, 6) is 0.738. The molecular weight excluding hydrogens is 363 g/mol. The van der Waals surface area contributed by atoms with Crippen LogP contribution in [0, 0.1) is 12.3 Å². The number of benzene rings is 2. The summed E-state index contributed by atoms with van der Waals surface area (Å²) in [5, 5.41) is 0. The van der Waals surface area contributed by atoms with Crippen LogP contribution in [-0.2, 0) is 6.18 Å². The monoisotopic (exact) mass is 385 g/mol. The predicted molar refractivity (Wildman–Crippen MR) is 107 cm³/mol. The lowest BCUT2D eigenvalue weighted by Crippen LogP contribution is -2.50.